The van der Waals surface area contributed by atoms with E-state index in [1.54, 1.807) is 0 Å². The molecule has 0 atom stereocenters. The zero-order chi connectivity index (χ0) is 9.26. The maximum Gasteiger partial charge on any atom is 0.0991 e. The Morgan fingerprint density at radius 1 is 1.38 bits per heavy atom. The van der Waals surface area contributed by atoms with E-state index in [1.165, 1.54) is 24.0 Å². The molecule has 0 saturated heterocycles. The predicted molar refractivity (Wildman–Crippen MR) is 52.2 cm³/mol. The lowest BCUT2D eigenvalue weighted by Crippen LogP contribution is -1.88. The number of benzene rings is 1. The highest BCUT2D eigenvalue weighted by molar-refractivity contribution is 5.40. The fourth-order valence-electron chi connectivity index (χ4n) is 1.58. The Hall–Kier alpha value is -1.29. The normalized spacial score (nSPS) is 15.4. The molecule has 1 aromatic carbocycles. The van der Waals surface area contributed by atoms with Crippen molar-refractivity contribution in [3.8, 4) is 6.07 Å². The van der Waals surface area contributed by atoms with Crippen LogP contribution in [0.5, 0.6) is 0 Å². The van der Waals surface area contributed by atoms with Crippen molar-refractivity contribution in [2.75, 3.05) is 0 Å². The first-order valence-corrected chi connectivity index (χ1v) is 4.66. The van der Waals surface area contributed by atoms with E-state index in [2.05, 4.69) is 19.1 Å². The van der Waals surface area contributed by atoms with E-state index < -0.39 is 0 Å². The van der Waals surface area contributed by atoms with Crippen LogP contribution in [0.2, 0.25) is 0 Å². The molecule has 1 aliphatic rings. The highest BCUT2D eigenvalue weighted by Crippen LogP contribution is 2.40. The van der Waals surface area contributed by atoms with Gasteiger partial charge in [0.05, 0.1) is 11.6 Å². The van der Waals surface area contributed by atoms with Crippen LogP contribution < -0.4 is 0 Å². The second-order valence-electron chi connectivity index (χ2n) is 3.60. The van der Waals surface area contributed by atoms with Gasteiger partial charge >= 0.3 is 0 Å². The summed E-state index contributed by atoms with van der Waals surface area (Å²) in [5, 5.41) is 8.81. The van der Waals surface area contributed by atoms with Gasteiger partial charge in [-0.1, -0.05) is 6.07 Å². The quantitative estimate of drug-likeness (QED) is 0.669. The van der Waals surface area contributed by atoms with Crippen LogP contribution in [0.15, 0.2) is 18.2 Å². The summed E-state index contributed by atoms with van der Waals surface area (Å²) in [4.78, 5) is 0. The second-order valence-corrected chi connectivity index (χ2v) is 3.60. The van der Waals surface area contributed by atoms with Gasteiger partial charge in [0.25, 0.3) is 0 Å². The smallest absolute Gasteiger partial charge is 0.0991 e. The summed E-state index contributed by atoms with van der Waals surface area (Å²) in [5.41, 5.74) is 3.29. The minimum atomic E-state index is 0.721. The number of hydrogen-bond donors (Lipinski definition) is 0. The van der Waals surface area contributed by atoms with Gasteiger partial charge in [0.2, 0.25) is 0 Å². The van der Waals surface area contributed by atoms with Gasteiger partial charge in [-0.25, -0.2) is 0 Å². The summed E-state index contributed by atoms with van der Waals surface area (Å²) >= 11 is 0. The topological polar surface area (TPSA) is 23.8 Å². The van der Waals surface area contributed by atoms with Gasteiger partial charge in [-0.3, -0.25) is 0 Å². The molecule has 1 saturated carbocycles. The molecule has 0 spiro atoms. The summed E-state index contributed by atoms with van der Waals surface area (Å²) in [7, 11) is 0. The molecule has 0 unspecified atom stereocenters. The van der Waals surface area contributed by atoms with Crippen LogP contribution in [-0.4, -0.2) is 0 Å². The van der Waals surface area contributed by atoms with Gasteiger partial charge in [-0.2, -0.15) is 5.26 Å². The van der Waals surface area contributed by atoms with Crippen molar-refractivity contribution in [3.63, 3.8) is 0 Å². The zero-order valence-corrected chi connectivity index (χ0v) is 7.59. The van der Waals surface area contributed by atoms with Crippen molar-refractivity contribution in [3.05, 3.63) is 41.8 Å². The minimum Gasteiger partial charge on any atom is -0.192 e. The van der Waals surface area contributed by atoms with E-state index in [0.29, 0.717) is 0 Å². The fraction of sp³-hybridized carbons (Fsp3) is 0.333. The monoisotopic (exact) mass is 170 g/mol. The Kier molecular flexibility index (Phi) is 2.06. The van der Waals surface area contributed by atoms with Gasteiger partial charge < -0.3 is 0 Å². The molecular weight excluding hydrogens is 158 g/mol. The first-order valence-electron chi connectivity index (χ1n) is 4.66. The summed E-state index contributed by atoms with van der Waals surface area (Å²) in [6.07, 6.45) is 3.34. The Bertz CT molecular complexity index is 356. The molecule has 0 N–H and O–H groups in total. The molecule has 65 valence electrons. The van der Waals surface area contributed by atoms with Crippen LogP contribution in [0.1, 0.15) is 35.4 Å². The molecule has 0 aliphatic heterocycles. The van der Waals surface area contributed by atoms with Crippen LogP contribution >= 0.6 is 0 Å². The summed E-state index contributed by atoms with van der Waals surface area (Å²) in [6.45, 7) is 3.84. The third-order valence-corrected chi connectivity index (χ3v) is 2.48. The van der Waals surface area contributed by atoms with E-state index in [0.717, 1.165) is 17.9 Å². The number of nitrogens with zero attached hydrogens (tertiary/aromatic N) is 1. The lowest BCUT2D eigenvalue weighted by atomic mass is 10.0. The average Bonchev–Trinajstić information content (AvgIpc) is 3.00. The van der Waals surface area contributed by atoms with Gasteiger partial charge in [0.15, 0.2) is 0 Å². The number of nitriles is 1. The van der Waals surface area contributed by atoms with Gasteiger partial charge in [0, 0.05) is 0 Å². The lowest BCUT2D eigenvalue weighted by Gasteiger charge is -2.02. The number of rotatable bonds is 2. The van der Waals surface area contributed by atoms with E-state index in [1.807, 2.05) is 12.1 Å². The molecule has 1 aromatic rings. The summed E-state index contributed by atoms with van der Waals surface area (Å²) in [5.74, 6) is 0.721. The highest BCUT2D eigenvalue weighted by atomic mass is 14.3. The number of hydrogen-bond acceptors (Lipinski definition) is 1. The van der Waals surface area contributed by atoms with Gasteiger partial charge in [-0.15, -0.1) is 0 Å². The Morgan fingerprint density at radius 3 is 2.69 bits per heavy atom. The van der Waals surface area contributed by atoms with Crippen molar-refractivity contribution < 1.29 is 0 Å². The summed E-state index contributed by atoms with van der Waals surface area (Å²) in [6, 6.07) is 8.32. The molecule has 1 heteroatoms. The van der Waals surface area contributed by atoms with Crippen molar-refractivity contribution in [1.29, 1.82) is 5.26 Å². The maximum atomic E-state index is 8.81. The van der Waals surface area contributed by atoms with Crippen molar-refractivity contribution in [1.82, 2.24) is 0 Å². The molecule has 0 amide bonds. The van der Waals surface area contributed by atoms with Crippen LogP contribution in [-0.2, 0) is 6.42 Å². The largest absolute Gasteiger partial charge is 0.192 e. The van der Waals surface area contributed by atoms with Gasteiger partial charge in [-0.05, 0) is 55.4 Å². The fourth-order valence-corrected chi connectivity index (χ4v) is 1.58. The predicted octanol–water partition coefficient (Wildman–Crippen LogP) is 2.81. The van der Waals surface area contributed by atoms with Crippen LogP contribution in [0.4, 0.5) is 0 Å². The third kappa shape index (κ3) is 1.72. The lowest BCUT2D eigenvalue weighted by molar-refractivity contribution is 1.10. The molecule has 0 aromatic heterocycles. The summed E-state index contributed by atoms with van der Waals surface area (Å²) < 4.78 is 0. The maximum absolute atomic E-state index is 8.81. The van der Waals surface area contributed by atoms with E-state index >= 15 is 0 Å². The highest BCUT2D eigenvalue weighted by Gasteiger charge is 2.23. The molecular formula is C12H12N. The van der Waals surface area contributed by atoms with Crippen molar-refractivity contribution >= 4 is 0 Å². The van der Waals surface area contributed by atoms with Crippen molar-refractivity contribution in [2.45, 2.75) is 25.2 Å². The molecule has 2 rings (SSSR count). The molecule has 1 radical (unpaired) electrons. The first-order chi connectivity index (χ1) is 6.33. The zero-order valence-electron chi connectivity index (χ0n) is 7.59. The van der Waals surface area contributed by atoms with Crippen molar-refractivity contribution in [2.24, 2.45) is 0 Å². The molecule has 1 aliphatic carbocycles. The molecule has 1 fully saturated rings. The Labute approximate surface area is 79.0 Å². The molecule has 13 heavy (non-hydrogen) atoms. The van der Waals surface area contributed by atoms with E-state index in [9.17, 15) is 0 Å². The SMILES string of the molecule is [CH2]Cc1cc(C#N)cc(C2CC2)c1. The first kappa shape index (κ1) is 8.31. The van der Waals surface area contributed by atoms with E-state index in [4.69, 9.17) is 5.26 Å². The molecule has 1 nitrogen and oxygen atoms in total. The minimum absolute atomic E-state index is 0.721. The van der Waals surface area contributed by atoms with Crippen LogP contribution in [0, 0.1) is 18.3 Å². The Morgan fingerprint density at radius 2 is 2.15 bits per heavy atom. The molecule has 0 bridgehead atoms. The third-order valence-electron chi connectivity index (χ3n) is 2.48. The molecule has 0 heterocycles. The van der Waals surface area contributed by atoms with Gasteiger partial charge in [0.1, 0.15) is 0 Å². The average molecular weight is 170 g/mol. The standard InChI is InChI=1S/C12H12N/c1-2-9-5-10(8-13)7-12(6-9)11-3-4-11/h5-7,11H,1-4H2. The van der Waals surface area contributed by atoms with Crippen LogP contribution in [0.25, 0.3) is 0 Å². The second kappa shape index (κ2) is 3.22. The van der Waals surface area contributed by atoms with Crippen LogP contribution in [0.3, 0.4) is 0 Å². The Balaban J connectivity index is 2.40. The van der Waals surface area contributed by atoms with E-state index in [-0.39, 0.29) is 0 Å².